The summed E-state index contributed by atoms with van der Waals surface area (Å²) < 4.78 is 25.8. The van der Waals surface area contributed by atoms with Crippen LogP contribution in [0.25, 0.3) is 0 Å². The predicted octanol–water partition coefficient (Wildman–Crippen LogP) is 1.97. The Morgan fingerprint density at radius 2 is 2.10 bits per heavy atom. The largest absolute Gasteiger partial charge is 0.481 e. The molecule has 1 aromatic carbocycles. The van der Waals surface area contributed by atoms with Crippen molar-refractivity contribution in [2.75, 3.05) is 6.54 Å². The van der Waals surface area contributed by atoms with Gasteiger partial charge in [-0.1, -0.05) is 6.07 Å². The number of amides is 2. The van der Waals surface area contributed by atoms with Crippen molar-refractivity contribution in [2.45, 2.75) is 25.9 Å². The zero-order chi connectivity index (χ0) is 15.6. The van der Waals surface area contributed by atoms with Crippen molar-refractivity contribution >= 4 is 12.0 Å². The second-order valence-electron chi connectivity index (χ2n) is 5.07. The SMILES string of the molecule is CC1C(C(=O)O)CCN1C(=O)NCc1ccc(F)c(F)c1. The number of hydrogen-bond acceptors (Lipinski definition) is 2. The standard InChI is InChI=1S/C14H16F2N2O3/c1-8-10(13(19)20)4-5-18(8)14(21)17-7-9-2-3-11(15)12(16)6-9/h2-3,6,8,10H,4-5,7H2,1H3,(H,17,21)(H,19,20). The molecular formula is C14H16F2N2O3. The first-order valence-corrected chi connectivity index (χ1v) is 6.61. The lowest BCUT2D eigenvalue weighted by Gasteiger charge is -2.23. The Morgan fingerprint density at radius 1 is 1.38 bits per heavy atom. The highest BCUT2D eigenvalue weighted by Crippen LogP contribution is 2.24. The summed E-state index contributed by atoms with van der Waals surface area (Å²) in [5, 5.41) is 11.6. The molecule has 1 aromatic rings. The molecule has 0 aromatic heterocycles. The van der Waals surface area contributed by atoms with Gasteiger partial charge in [0.05, 0.1) is 5.92 Å². The lowest BCUT2D eigenvalue weighted by atomic mass is 10.0. The lowest BCUT2D eigenvalue weighted by Crippen LogP contribution is -2.43. The van der Waals surface area contributed by atoms with Gasteiger partial charge in [0.1, 0.15) is 0 Å². The molecule has 0 bridgehead atoms. The molecule has 1 saturated heterocycles. The van der Waals surface area contributed by atoms with Crippen LogP contribution in [0.15, 0.2) is 18.2 Å². The fourth-order valence-corrected chi connectivity index (χ4v) is 2.49. The van der Waals surface area contributed by atoms with Crippen LogP contribution in [0.4, 0.5) is 13.6 Å². The summed E-state index contributed by atoms with van der Waals surface area (Å²) in [5.74, 6) is -3.40. The van der Waals surface area contributed by atoms with Crippen LogP contribution in [-0.4, -0.2) is 34.6 Å². The van der Waals surface area contributed by atoms with Gasteiger partial charge in [0, 0.05) is 19.1 Å². The zero-order valence-electron chi connectivity index (χ0n) is 11.5. The summed E-state index contributed by atoms with van der Waals surface area (Å²) in [4.78, 5) is 24.4. The molecule has 0 saturated carbocycles. The molecule has 2 atom stereocenters. The van der Waals surface area contributed by atoms with E-state index in [9.17, 15) is 18.4 Å². The molecule has 1 heterocycles. The van der Waals surface area contributed by atoms with E-state index in [1.807, 2.05) is 0 Å². The van der Waals surface area contributed by atoms with E-state index < -0.39 is 35.6 Å². The Labute approximate surface area is 120 Å². The highest BCUT2D eigenvalue weighted by atomic mass is 19.2. The molecule has 1 aliphatic heterocycles. The Kier molecular flexibility index (Phi) is 4.40. The maximum Gasteiger partial charge on any atom is 0.317 e. The summed E-state index contributed by atoms with van der Waals surface area (Å²) in [7, 11) is 0. The molecule has 1 fully saturated rings. The first kappa shape index (κ1) is 15.2. The van der Waals surface area contributed by atoms with E-state index in [-0.39, 0.29) is 6.54 Å². The number of nitrogens with zero attached hydrogens (tertiary/aromatic N) is 1. The van der Waals surface area contributed by atoms with Crippen molar-refractivity contribution in [3.8, 4) is 0 Å². The van der Waals surface area contributed by atoms with Crippen molar-refractivity contribution in [3.63, 3.8) is 0 Å². The van der Waals surface area contributed by atoms with Crippen LogP contribution in [0.2, 0.25) is 0 Å². The van der Waals surface area contributed by atoms with Crippen LogP contribution in [-0.2, 0) is 11.3 Å². The number of urea groups is 1. The van der Waals surface area contributed by atoms with Gasteiger partial charge in [0.2, 0.25) is 0 Å². The van der Waals surface area contributed by atoms with Gasteiger partial charge < -0.3 is 15.3 Å². The molecule has 2 rings (SSSR count). The smallest absolute Gasteiger partial charge is 0.317 e. The number of carboxylic acids is 1. The number of hydrogen-bond donors (Lipinski definition) is 2. The predicted molar refractivity (Wildman–Crippen MR) is 70.5 cm³/mol. The average molecular weight is 298 g/mol. The molecule has 0 aliphatic carbocycles. The molecule has 21 heavy (non-hydrogen) atoms. The number of carboxylic acid groups (broad SMARTS) is 1. The lowest BCUT2D eigenvalue weighted by molar-refractivity contribution is -0.142. The maximum absolute atomic E-state index is 13.0. The van der Waals surface area contributed by atoms with Crippen molar-refractivity contribution in [2.24, 2.45) is 5.92 Å². The molecule has 2 N–H and O–H groups in total. The molecular weight excluding hydrogens is 282 g/mol. The third-order valence-electron chi connectivity index (χ3n) is 3.76. The van der Waals surface area contributed by atoms with Crippen LogP contribution < -0.4 is 5.32 Å². The average Bonchev–Trinajstić information content (AvgIpc) is 2.82. The molecule has 7 heteroatoms. The van der Waals surface area contributed by atoms with E-state index in [1.165, 1.54) is 11.0 Å². The summed E-state index contributed by atoms with van der Waals surface area (Å²) >= 11 is 0. The normalized spacial score (nSPS) is 21.4. The van der Waals surface area contributed by atoms with E-state index in [4.69, 9.17) is 5.11 Å². The van der Waals surface area contributed by atoms with Gasteiger partial charge in [-0.25, -0.2) is 13.6 Å². The first-order chi connectivity index (χ1) is 9.90. The van der Waals surface area contributed by atoms with Gasteiger partial charge in [0.25, 0.3) is 0 Å². The summed E-state index contributed by atoms with van der Waals surface area (Å²) in [6.45, 7) is 2.10. The molecule has 2 amide bonds. The van der Waals surface area contributed by atoms with Crippen LogP contribution in [0, 0.1) is 17.6 Å². The van der Waals surface area contributed by atoms with E-state index in [2.05, 4.69) is 5.32 Å². The number of nitrogens with one attached hydrogen (secondary N) is 1. The Hall–Kier alpha value is -2.18. The first-order valence-electron chi connectivity index (χ1n) is 6.61. The number of benzene rings is 1. The number of carbonyl (C=O) groups is 2. The number of halogens is 2. The van der Waals surface area contributed by atoms with Crippen LogP contribution in [0.5, 0.6) is 0 Å². The molecule has 0 radical (unpaired) electrons. The summed E-state index contributed by atoms with van der Waals surface area (Å²) in [6.07, 6.45) is 0.412. The number of likely N-dealkylation sites (tertiary alicyclic amines) is 1. The van der Waals surface area contributed by atoms with E-state index >= 15 is 0 Å². The van der Waals surface area contributed by atoms with Gasteiger partial charge in [-0.3, -0.25) is 4.79 Å². The van der Waals surface area contributed by atoms with Crippen molar-refractivity contribution in [1.29, 1.82) is 0 Å². The summed E-state index contributed by atoms with van der Waals surface area (Å²) in [5.41, 5.74) is 0.434. The maximum atomic E-state index is 13.0. The van der Waals surface area contributed by atoms with Gasteiger partial charge in [0.15, 0.2) is 11.6 Å². The van der Waals surface area contributed by atoms with Crippen molar-refractivity contribution in [1.82, 2.24) is 10.2 Å². The molecule has 5 nitrogen and oxygen atoms in total. The monoisotopic (exact) mass is 298 g/mol. The van der Waals surface area contributed by atoms with Gasteiger partial charge in [-0.2, -0.15) is 0 Å². The molecule has 2 unspecified atom stereocenters. The minimum Gasteiger partial charge on any atom is -0.481 e. The number of aliphatic carboxylic acids is 1. The van der Waals surface area contributed by atoms with Crippen molar-refractivity contribution < 1.29 is 23.5 Å². The second-order valence-corrected chi connectivity index (χ2v) is 5.07. The molecule has 1 aliphatic rings. The van der Waals surface area contributed by atoms with E-state index in [1.54, 1.807) is 6.92 Å². The fraction of sp³-hybridized carbons (Fsp3) is 0.429. The third kappa shape index (κ3) is 3.29. The molecule has 114 valence electrons. The minimum atomic E-state index is -0.970. The topological polar surface area (TPSA) is 69.6 Å². The van der Waals surface area contributed by atoms with E-state index in [0.717, 1.165) is 12.1 Å². The van der Waals surface area contributed by atoms with Crippen molar-refractivity contribution in [3.05, 3.63) is 35.4 Å². The second kappa shape index (κ2) is 6.07. The highest BCUT2D eigenvalue weighted by Gasteiger charge is 2.37. The fourth-order valence-electron chi connectivity index (χ4n) is 2.49. The third-order valence-corrected chi connectivity index (χ3v) is 3.76. The highest BCUT2D eigenvalue weighted by molar-refractivity contribution is 5.78. The molecule has 0 spiro atoms. The Bertz CT molecular complexity index is 565. The summed E-state index contributed by atoms with van der Waals surface area (Å²) in [6, 6.07) is 2.59. The Morgan fingerprint density at radius 3 is 2.67 bits per heavy atom. The van der Waals surface area contributed by atoms with Gasteiger partial charge in [-0.15, -0.1) is 0 Å². The Balaban J connectivity index is 1.93. The van der Waals surface area contributed by atoms with E-state index in [0.29, 0.717) is 18.5 Å². The number of carbonyl (C=O) groups excluding carboxylic acids is 1. The van der Waals surface area contributed by atoms with Crippen LogP contribution in [0.3, 0.4) is 0 Å². The van der Waals surface area contributed by atoms with Crippen LogP contribution >= 0.6 is 0 Å². The van der Waals surface area contributed by atoms with Gasteiger partial charge >= 0.3 is 12.0 Å². The quantitative estimate of drug-likeness (QED) is 0.896. The van der Waals surface area contributed by atoms with Gasteiger partial charge in [-0.05, 0) is 31.0 Å². The number of rotatable bonds is 3. The van der Waals surface area contributed by atoms with Crippen LogP contribution in [0.1, 0.15) is 18.9 Å². The zero-order valence-corrected chi connectivity index (χ0v) is 11.5. The minimum absolute atomic E-state index is 0.0526.